The summed E-state index contributed by atoms with van der Waals surface area (Å²) in [4.78, 5) is 12.9. The highest BCUT2D eigenvalue weighted by molar-refractivity contribution is 7.98. The largest absolute Gasteiger partial charge is 0.294 e. The Labute approximate surface area is 85.6 Å². The molecule has 0 saturated heterocycles. The van der Waals surface area contributed by atoms with Crippen molar-refractivity contribution in [2.75, 3.05) is 6.26 Å². The lowest BCUT2D eigenvalue weighted by atomic mass is 10.2. The second kappa shape index (κ2) is 4.45. The number of nitrogens with zero attached hydrogens (tertiary/aromatic N) is 1. The van der Waals surface area contributed by atoms with Crippen LogP contribution >= 0.6 is 23.1 Å². The Balaban J connectivity index is 3.17. The van der Waals surface area contributed by atoms with Gasteiger partial charge in [-0.2, -0.15) is 5.26 Å². The van der Waals surface area contributed by atoms with Gasteiger partial charge in [0.15, 0.2) is 5.78 Å². The minimum atomic E-state index is 0.113. The Hall–Kier alpha value is -0.790. The molecule has 0 fully saturated rings. The molecule has 1 aromatic rings. The molecule has 0 bridgehead atoms. The van der Waals surface area contributed by atoms with Gasteiger partial charge < -0.3 is 0 Å². The van der Waals surface area contributed by atoms with Gasteiger partial charge >= 0.3 is 0 Å². The lowest BCUT2D eigenvalue weighted by molar-refractivity contribution is 0.0986. The van der Waals surface area contributed by atoms with E-state index in [1.54, 1.807) is 5.38 Å². The normalized spacial score (nSPS) is 9.62. The molecule has 0 radical (unpaired) electrons. The number of hydrogen-bond acceptors (Lipinski definition) is 4. The zero-order valence-corrected chi connectivity index (χ0v) is 9.09. The average Bonchev–Trinajstić information content (AvgIpc) is 2.58. The lowest BCUT2D eigenvalue weighted by Gasteiger charge is -1.97. The summed E-state index contributed by atoms with van der Waals surface area (Å²) in [5.74, 6) is 0.113. The molecule has 13 heavy (non-hydrogen) atoms. The Bertz CT molecular complexity index is 362. The van der Waals surface area contributed by atoms with Gasteiger partial charge in [0.25, 0.3) is 0 Å². The fourth-order valence-corrected chi connectivity index (χ4v) is 2.86. The van der Waals surface area contributed by atoms with E-state index < -0.39 is 0 Å². The van der Waals surface area contributed by atoms with E-state index in [2.05, 4.69) is 6.07 Å². The van der Waals surface area contributed by atoms with Crippen LogP contribution < -0.4 is 0 Å². The molecular formula is C9H9NOS2. The van der Waals surface area contributed by atoms with Crippen molar-refractivity contribution in [3.63, 3.8) is 0 Å². The molecule has 0 amide bonds. The van der Waals surface area contributed by atoms with Crippen molar-refractivity contribution in [2.24, 2.45) is 0 Å². The number of ketones is 1. The van der Waals surface area contributed by atoms with Gasteiger partial charge in [-0.3, -0.25) is 4.79 Å². The molecule has 0 aliphatic rings. The first-order valence-corrected chi connectivity index (χ1v) is 5.93. The van der Waals surface area contributed by atoms with Crippen LogP contribution in [0.25, 0.3) is 0 Å². The topological polar surface area (TPSA) is 40.9 Å². The zero-order chi connectivity index (χ0) is 9.84. The van der Waals surface area contributed by atoms with Crippen molar-refractivity contribution >= 4 is 28.9 Å². The number of Topliss-reactive ketones (excluding diaryl/α,β-unsaturated/α-hetero) is 1. The van der Waals surface area contributed by atoms with Crippen LogP contribution in [0.3, 0.4) is 0 Å². The number of thiophene rings is 1. The van der Waals surface area contributed by atoms with Crippen LogP contribution in [0.2, 0.25) is 0 Å². The summed E-state index contributed by atoms with van der Waals surface area (Å²) in [7, 11) is 0. The monoisotopic (exact) mass is 211 g/mol. The van der Waals surface area contributed by atoms with E-state index in [9.17, 15) is 4.79 Å². The zero-order valence-electron chi connectivity index (χ0n) is 7.46. The molecule has 0 spiro atoms. The predicted molar refractivity (Wildman–Crippen MR) is 55.4 cm³/mol. The van der Waals surface area contributed by atoms with Crippen molar-refractivity contribution in [2.45, 2.75) is 18.2 Å². The van der Waals surface area contributed by atoms with E-state index in [-0.39, 0.29) is 5.78 Å². The number of carbonyl (C=O) groups is 1. The SMILES string of the molecule is CCC(=O)c1csc(C#N)c1SC. The predicted octanol–water partition coefficient (Wildman–Crippen LogP) is 2.93. The highest BCUT2D eigenvalue weighted by Gasteiger charge is 2.15. The van der Waals surface area contributed by atoms with Crippen LogP contribution in [-0.4, -0.2) is 12.0 Å². The van der Waals surface area contributed by atoms with Gasteiger partial charge in [0, 0.05) is 22.3 Å². The lowest BCUT2D eigenvalue weighted by Crippen LogP contribution is -1.95. The van der Waals surface area contributed by atoms with E-state index in [4.69, 9.17) is 5.26 Å². The van der Waals surface area contributed by atoms with E-state index in [1.165, 1.54) is 23.1 Å². The number of rotatable bonds is 3. The number of nitriles is 1. The highest BCUT2D eigenvalue weighted by atomic mass is 32.2. The molecule has 0 unspecified atom stereocenters. The van der Waals surface area contributed by atoms with Gasteiger partial charge in [-0.15, -0.1) is 23.1 Å². The van der Waals surface area contributed by atoms with Gasteiger partial charge in [-0.25, -0.2) is 0 Å². The van der Waals surface area contributed by atoms with Crippen LogP contribution in [0.15, 0.2) is 10.3 Å². The van der Waals surface area contributed by atoms with Crippen LogP contribution in [-0.2, 0) is 0 Å². The Morgan fingerprint density at radius 2 is 2.46 bits per heavy atom. The molecule has 0 N–H and O–H groups in total. The molecular weight excluding hydrogens is 202 g/mol. The maximum atomic E-state index is 11.4. The maximum absolute atomic E-state index is 11.4. The summed E-state index contributed by atoms with van der Waals surface area (Å²) in [5, 5.41) is 10.5. The maximum Gasteiger partial charge on any atom is 0.164 e. The molecule has 0 aliphatic heterocycles. The fraction of sp³-hybridized carbons (Fsp3) is 0.333. The first-order chi connectivity index (χ1) is 6.24. The first-order valence-electron chi connectivity index (χ1n) is 3.83. The molecule has 0 saturated carbocycles. The second-order valence-electron chi connectivity index (χ2n) is 2.40. The van der Waals surface area contributed by atoms with Crippen molar-refractivity contribution in [1.82, 2.24) is 0 Å². The van der Waals surface area contributed by atoms with Crippen molar-refractivity contribution in [3.8, 4) is 6.07 Å². The first kappa shape index (κ1) is 10.3. The van der Waals surface area contributed by atoms with E-state index in [1.807, 2.05) is 13.2 Å². The van der Waals surface area contributed by atoms with Gasteiger partial charge in [-0.1, -0.05) is 6.92 Å². The van der Waals surface area contributed by atoms with Crippen molar-refractivity contribution in [3.05, 3.63) is 15.8 Å². The summed E-state index contributed by atoms with van der Waals surface area (Å²) in [5.41, 5.74) is 0.705. The average molecular weight is 211 g/mol. The molecule has 68 valence electrons. The molecule has 1 aromatic heterocycles. The Morgan fingerprint density at radius 3 is 2.92 bits per heavy atom. The van der Waals surface area contributed by atoms with Crippen molar-refractivity contribution < 1.29 is 4.79 Å². The highest BCUT2D eigenvalue weighted by Crippen LogP contribution is 2.30. The Kier molecular flexibility index (Phi) is 3.52. The minimum absolute atomic E-state index is 0.113. The standard InChI is InChI=1S/C9H9NOS2/c1-3-7(11)6-5-13-8(4-10)9(6)12-2/h5H,3H2,1-2H3. The summed E-state index contributed by atoms with van der Waals surface area (Å²) >= 11 is 2.81. The summed E-state index contributed by atoms with van der Waals surface area (Å²) in [6.07, 6.45) is 2.38. The van der Waals surface area contributed by atoms with Crippen molar-refractivity contribution in [1.29, 1.82) is 5.26 Å². The van der Waals surface area contributed by atoms with Crippen LogP contribution in [0.4, 0.5) is 0 Å². The third-order valence-electron chi connectivity index (χ3n) is 1.67. The summed E-state index contributed by atoms with van der Waals surface area (Å²) in [6, 6.07) is 2.09. The quantitative estimate of drug-likeness (QED) is 0.570. The molecule has 4 heteroatoms. The van der Waals surface area contributed by atoms with Crippen LogP contribution in [0, 0.1) is 11.3 Å². The van der Waals surface area contributed by atoms with Crippen LogP contribution in [0.5, 0.6) is 0 Å². The van der Waals surface area contributed by atoms with Crippen LogP contribution in [0.1, 0.15) is 28.6 Å². The van der Waals surface area contributed by atoms with Gasteiger partial charge in [0.1, 0.15) is 10.9 Å². The molecule has 1 rings (SSSR count). The molecule has 2 nitrogen and oxygen atoms in total. The minimum Gasteiger partial charge on any atom is -0.294 e. The smallest absolute Gasteiger partial charge is 0.164 e. The van der Waals surface area contributed by atoms with E-state index >= 15 is 0 Å². The molecule has 0 atom stereocenters. The number of hydrogen-bond donors (Lipinski definition) is 0. The van der Waals surface area contributed by atoms with E-state index in [0.717, 1.165) is 4.90 Å². The number of carbonyl (C=O) groups excluding carboxylic acids is 1. The molecule has 1 heterocycles. The van der Waals surface area contributed by atoms with Gasteiger partial charge in [0.2, 0.25) is 0 Å². The van der Waals surface area contributed by atoms with Gasteiger partial charge in [-0.05, 0) is 6.26 Å². The fourth-order valence-electron chi connectivity index (χ4n) is 1.01. The third kappa shape index (κ3) is 1.93. The van der Waals surface area contributed by atoms with Gasteiger partial charge in [0.05, 0.1) is 0 Å². The second-order valence-corrected chi connectivity index (χ2v) is 4.10. The number of thioether (sulfide) groups is 1. The van der Waals surface area contributed by atoms with E-state index in [0.29, 0.717) is 16.9 Å². The third-order valence-corrected chi connectivity index (χ3v) is 3.52. The summed E-state index contributed by atoms with van der Waals surface area (Å²) in [6.45, 7) is 1.83. The summed E-state index contributed by atoms with van der Waals surface area (Å²) < 4.78 is 0. The molecule has 0 aromatic carbocycles. The molecule has 0 aliphatic carbocycles. The Morgan fingerprint density at radius 1 is 1.77 bits per heavy atom.